The van der Waals surface area contributed by atoms with E-state index >= 15 is 0 Å². The Kier molecular flexibility index (Phi) is 13.7. The summed E-state index contributed by atoms with van der Waals surface area (Å²) in [6, 6.07) is 44.9. The Morgan fingerprint density at radius 2 is 1.52 bits per heavy atom. The minimum atomic E-state index is -3.99. The number of aliphatic hydroxyl groups is 1. The van der Waals surface area contributed by atoms with E-state index in [4.69, 9.17) is 9.47 Å². The molecular formula is C48H46N6O7S2. The fraction of sp³-hybridized carbons (Fsp3) is 0.208. The van der Waals surface area contributed by atoms with Gasteiger partial charge in [0, 0.05) is 24.3 Å². The number of hydrogen-bond acceptors (Lipinski definition) is 11. The summed E-state index contributed by atoms with van der Waals surface area (Å²) in [7, 11) is -3.99. The number of aromatic hydroxyl groups is 1. The zero-order chi connectivity index (χ0) is 43.8. The second-order valence-corrected chi connectivity index (χ2v) is 18.0. The van der Waals surface area contributed by atoms with Gasteiger partial charge in [0.2, 0.25) is 21.1 Å². The van der Waals surface area contributed by atoms with E-state index in [1.165, 1.54) is 23.9 Å². The number of aliphatic hydroxyl groups excluding tert-OH is 1. The van der Waals surface area contributed by atoms with Gasteiger partial charge in [0.05, 0.1) is 29.4 Å². The molecule has 8 rings (SSSR count). The molecular weight excluding hydrogens is 837 g/mol. The number of thioether (sulfide) groups is 1. The lowest BCUT2D eigenvalue weighted by atomic mass is 9.99. The van der Waals surface area contributed by atoms with Crippen LogP contribution in [0.5, 0.6) is 5.75 Å². The highest BCUT2D eigenvalue weighted by Crippen LogP contribution is 2.40. The van der Waals surface area contributed by atoms with E-state index in [0.29, 0.717) is 23.0 Å². The van der Waals surface area contributed by atoms with E-state index in [9.17, 15) is 23.4 Å². The van der Waals surface area contributed by atoms with Crippen molar-refractivity contribution in [3.63, 3.8) is 0 Å². The minimum Gasteiger partial charge on any atom is -0.508 e. The van der Waals surface area contributed by atoms with Crippen LogP contribution in [0.1, 0.15) is 52.2 Å². The minimum absolute atomic E-state index is 0.0578. The molecule has 1 aliphatic heterocycles. The molecule has 1 amide bonds. The normalized spacial score (nSPS) is 17.0. The molecule has 13 nitrogen and oxygen atoms in total. The molecule has 0 spiro atoms. The summed E-state index contributed by atoms with van der Waals surface area (Å²) in [5.41, 5.74) is 7.69. The molecule has 1 aliphatic rings. The molecule has 0 aliphatic carbocycles. The van der Waals surface area contributed by atoms with E-state index in [1.807, 2.05) is 110 Å². The maximum atomic E-state index is 13.8. The van der Waals surface area contributed by atoms with Crippen LogP contribution in [0.2, 0.25) is 0 Å². The molecule has 0 unspecified atom stereocenters. The molecule has 1 saturated heterocycles. The highest BCUT2D eigenvalue weighted by Gasteiger charge is 2.33. The van der Waals surface area contributed by atoms with Gasteiger partial charge in [-0.15, -0.1) is 5.10 Å². The molecule has 0 bridgehead atoms. The van der Waals surface area contributed by atoms with Gasteiger partial charge in [-0.05, 0) is 106 Å². The van der Waals surface area contributed by atoms with Gasteiger partial charge in [0.25, 0.3) is 0 Å². The zero-order valence-electron chi connectivity index (χ0n) is 34.3. The fourth-order valence-corrected chi connectivity index (χ4v) is 9.37. The largest absolute Gasteiger partial charge is 0.508 e. The van der Waals surface area contributed by atoms with Crippen molar-refractivity contribution in [2.24, 2.45) is 0 Å². The topological polar surface area (TPSA) is 178 Å². The second-order valence-electron chi connectivity index (χ2n) is 15.3. The summed E-state index contributed by atoms with van der Waals surface area (Å²) in [6.07, 6.45) is -0.548. The van der Waals surface area contributed by atoms with Crippen LogP contribution in [0.15, 0.2) is 162 Å². The van der Waals surface area contributed by atoms with E-state index in [0.717, 1.165) is 44.5 Å². The highest BCUT2D eigenvalue weighted by molar-refractivity contribution is 7.99. The van der Waals surface area contributed by atoms with Crippen LogP contribution >= 0.6 is 11.8 Å². The van der Waals surface area contributed by atoms with Crippen LogP contribution in [0.3, 0.4) is 0 Å². The number of benzene rings is 6. The summed E-state index contributed by atoms with van der Waals surface area (Å²) in [5, 5.41) is 35.3. The van der Waals surface area contributed by atoms with E-state index < -0.39 is 28.3 Å². The third-order valence-electron chi connectivity index (χ3n) is 10.7. The molecule has 6 aromatic carbocycles. The van der Waals surface area contributed by atoms with E-state index in [1.54, 1.807) is 41.1 Å². The first kappa shape index (κ1) is 43.4. The van der Waals surface area contributed by atoms with Gasteiger partial charge in [-0.2, -0.15) is 9.40 Å². The van der Waals surface area contributed by atoms with Crippen LogP contribution < -0.4 is 10.0 Å². The Morgan fingerprint density at radius 1 is 0.810 bits per heavy atom. The summed E-state index contributed by atoms with van der Waals surface area (Å²) < 4.78 is 44.4. The summed E-state index contributed by atoms with van der Waals surface area (Å²) >= 11 is 1.46. The molecule has 0 radical (unpaired) electrons. The van der Waals surface area contributed by atoms with E-state index in [-0.39, 0.29) is 42.4 Å². The van der Waals surface area contributed by atoms with Crippen molar-refractivity contribution < 1.29 is 32.9 Å². The van der Waals surface area contributed by atoms with Gasteiger partial charge < -0.3 is 25.0 Å². The maximum Gasteiger partial charge on any atom is 0.241 e. The van der Waals surface area contributed by atoms with Gasteiger partial charge >= 0.3 is 0 Å². The molecule has 0 saturated carbocycles. The third-order valence-corrected chi connectivity index (χ3v) is 13.2. The first-order valence-corrected chi connectivity index (χ1v) is 22.9. The number of rotatable bonds is 16. The number of phenols is 1. The monoisotopic (exact) mass is 882 g/mol. The SMILES string of the molecule is Cc1ccc(S(=O)(=O)N[C@H](Cc2ccccc2)C(=O)NCc2cccc(-c3cccc([C@H]4O[C@@H](CSc5nnnn5-c5ccc(O)cc5)C[C@@H](c5ccc(CO)cc5)O4)c3)c2)cc1. The standard InChI is InChI=1S/C48H46N6O7S2/c1-32-13-23-43(24-14-32)63(58,59)51-44(26-33-7-3-2-4-8-33)46(57)49-29-35-9-5-10-37(25-35)38-11-6-12-39(27-38)47-60-42(28-45(61-47)36-17-15-34(30-55)16-18-36)31-62-48-50-52-53-54(48)40-19-21-41(56)22-20-40/h2-25,27,42,44-45,47,51,55-56H,26,28-31H2,1H3,(H,49,57)/t42-,44-,45+,47+/m1/s1. The predicted molar refractivity (Wildman–Crippen MR) is 239 cm³/mol. The summed E-state index contributed by atoms with van der Waals surface area (Å²) in [5.74, 6) is 0.226. The van der Waals surface area contributed by atoms with Crippen LogP contribution in [0, 0.1) is 6.92 Å². The molecule has 7 aromatic rings. The van der Waals surface area contributed by atoms with Crippen LogP contribution in [0.4, 0.5) is 0 Å². The zero-order valence-corrected chi connectivity index (χ0v) is 36.0. The molecule has 4 atom stereocenters. The molecule has 1 aromatic heterocycles. The molecule has 63 heavy (non-hydrogen) atoms. The number of aromatic nitrogens is 4. The summed E-state index contributed by atoms with van der Waals surface area (Å²) in [6.45, 7) is 1.99. The summed E-state index contributed by atoms with van der Waals surface area (Å²) in [4.78, 5) is 13.8. The lowest BCUT2D eigenvalue weighted by Gasteiger charge is -2.36. The smallest absolute Gasteiger partial charge is 0.241 e. The quantitative estimate of drug-likeness (QED) is 0.0713. The lowest BCUT2D eigenvalue weighted by molar-refractivity contribution is -0.245. The average Bonchev–Trinajstić information content (AvgIpc) is 3.79. The maximum absolute atomic E-state index is 13.8. The van der Waals surface area contributed by atoms with Gasteiger partial charge in [-0.1, -0.05) is 120 Å². The third kappa shape index (κ3) is 11.1. The first-order valence-electron chi connectivity index (χ1n) is 20.4. The first-order chi connectivity index (χ1) is 30.6. The lowest BCUT2D eigenvalue weighted by Crippen LogP contribution is -2.47. The van der Waals surface area contributed by atoms with Gasteiger partial charge in [-0.3, -0.25) is 4.79 Å². The van der Waals surface area contributed by atoms with Gasteiger partial charge in [0.1, 0.15) is 11.8 Å². The fourth-order valence-electron chi connectivity index (χ4n) is 7.26. The number of ether oxygens (including phenoxy) is 2. The number of nitrogens with one attached hydrogen (secondary N) is 2. The predicted octanol–water partition coefficient (Wildman–Crippen LogP) is 7.38. The molecule has 1 fully saturated rings. The average molecular weight is 883 g/mol. The van der Waals surface area contributed by atoms with Crippen molar-refractivity contribution >= 4 is 27.7 Å². The number of hydrogen-bond donors (Lipinski definition) is 4. The van der Waals surface area contributed by atoms with Crippen molar-refractivity contribution in [3.8, 4) is 22.6 Å². The van der Waals surface area contributed by atoms with Gasteiger partial charge in [0.15, 0.2) is 6.29 Å². The number of carbonyl (C=O) groups excluding carboxylic acids is 1. The highest BCUT2D eigenvalue weighted by atomic mass is 32.2. The Hall–Kier alpha value is -6.20. The number of tetrazole rings is 1. The van der Waals surface area contributed by atoms with Crippen LogP contribution in [0.25, 0.3) is 16.8 Å². The number of nitrogens with zero attached hydrogens (tertiary/aromatic N) is 4. The van der Waals surface area contributed by atoms with Crippen molar-refractivity contribution in [2.45, 2.75) is 67.5 Å². The number of sulfonamides is 1. The number of amides is 1. The van der Waals surface area contributed by atoms with Crippen molar-refractivity contribution in [1.29, 1.82) is 0 Å². The Bertz CT molecular complexity index is 2740. The van der Waals surface area contributed by atoms with Crippen molar-refractivity contribution in [3.05, 3.63) is 185 Å². The number of aryl methyl sites for hydroxylation is 1. The molecule has 4 N–H and O–H groups in total. The second kappa shape index (κ2) is 19.9. The molecule has 2 heterocycles. The number of carbonyl (C=O) groups is 1. The van der Waals surface area contributed by atoms with Crippen LogP contribution in [-0.4, -0.2) is 62.6 Å². The molecule has 15 heteroatoms. The van der Waals surface area contributed by atoms with Crippen molar-refractivity contribution in [1.82, 2.24) is 30.2 Å². The van der Waals surface area contributed by atoms with E-state index in [2.05, 4.69) is 25.6 Å². The number of phenolic OH excluding ortho intramolecular Hbond substituents is 1. The van der Waals surface area contributed by atoms with Gasteiger partial charge in [-0.25, -0.2) is 8.42 Å². The van der Waals surface area contributed by atoms with Crippen LogP contribution in [-0.2, 0) is 43.9 Å². The Labute approximate surface area is 370 Å². The Balaban J connectivity index is 0.982. The molecule has 322 valence electrons. The Morgan fingerprint density at radius 3 is 2.27 bits per heavy atom. The van der Waals surface area contributed by atoms with Crippen molar-refractivity contribution in [2.75, 3.05) is 5.75 Å².